The SMILES string of the molecule is CC(CCN1Cc2ccsc2C1=O)(C(=O)O)S(C)(=O)=O. The van der Waals surface area contributed by atoms with Crippen LogP contribution in [0.4, 0.5) is 0 Å². The molecular weight excluding hydrogens is 302 g/mol. The van der Waals surface area contributed by atoms with Crippen molar-refractivity contribution in [3.05, 3.63) is 21.9 Å². The first-order valence-corrected chi connectivity index (χ1v) is 8.72. The predicted molar refractivity (Wildman–Crippen MR) is 74.6 cm³/mol. The molecule has 2 rings (SSSR count). The summed E-state index contributed by atoms with van der Waals surface area (Å²) in [7, 11) is -3.76. The molecule has 2 heterocycles. The summed E-state index contributed by atoms with van der Waals surface area (Å²) in [5.41, 5.74) is 0.913. The number of carboxylic acid groups (broad SMARTS) is 1. The number of nitrogens with zero attached hydrogens (tertiary/aromatic N) is 1. The van der Waals surface area contributed by atoms with Crippen LogP contribution in [0.1, 0.15) is 28.6 Å². The molecule has 1 atom stereocenters. The van der Waals surface area contributed by atoms with Crippen LogP contribution in [0.5, 0.6) is 0 Å². The van der Waals surface area contributed by atoms with Gasteiger partial charge < -0.3 is 10.0 Å². The van der Waals surface area contributed by atoms with Gasteiger partial charge in [-0.05, 0) is 30.4 Å². The van der Waals surface area contributed by atoms with Crippen LogP contribution in [0.25, 0.3) is 0 Å². The van der Waals surface area contributed by atoms with E-state index in [4.69, 9.17) is 5.11 Å². The molecule has 6 nitrogen and oxygen atoms in total. The Labute approximate surface area is 120 Å². The Balaban J connectivity index is 2.12. The molecule has 1 unspecified atom stereocenters. The summed E-state index contributed by atoms with van der Waals surface area (Å²) in [5.74, 6) is -1.54. The molecule has 0 fully saturated rings. The summed E-state index contributed by atoms with van der Waals surface area (Å²) in [5, 5.41) is 11.0. The number of aliphatic carboxylic acids is 1. The fourth-order valence-corrected chi connectivity index (χ4v) is 3.71. The monoisotopic (exact) mass is 317 g/mol. The van der Waals surface area contributed by atoms with Gasteiger partial charge in [0.05, 0.1) is 4.88 Å². The zero-order valence-corrected chi connectivity index (χ0v) is 12.8. The highest BCUT2D eigenvalue weighted by Crippen LogP contribution is 2.29. The number of rotatable bonds is 5. The van der Waals surface area contributed by atoms with Crippen molar-refractivity contribution >= 4 is 33.1 Å². The molecular formula is C12H15NO5S2. The molecule has 20 heavy (non-hydrogen) atoms. The molecule has 0 bridgehead atoms. The van der Waals surface area contributed by atoms with Gasteiger partial charge in [0.15, 0.2) is 14.6 Å². The van der Waals surface area contributed by atoms with Crippen molar-refractivity contribution < 1.29 is 23.1 Å². The van der Waals surface area contributed by atoms with E-state index in [1.54, 1.807) is 0 Å². The number of hydrogen-bond donors (Lipinski definition) is 1. The number of amides is 1. The number of carbonyl (C=O) groups is 2. The Morgan fingerprint density at radius 2 is 2.20 bits per heavy atom. The van der Waals surface area contributed by atoms with Crippen LogP contribution in [0.2, 0.25) is 0 Å². The van der Waals surface area contributed by atoms with E-state index in [0.29, 0.717) is 11.4 Å². The van der Waals surface area contributed by atoms with Gasteiger partial charge in [-0.3, -0.25) is 9.59 Å². The van der Waals surface area contributed by atoms with Crippen molar-refractivity contribution in [1.82, 2.24) is 4.90 Å². The molecule has 1 aromatic rings. The molecule has 1 aromatic heterocycles. The van der Waals surface area contributed by atoms with Gasteiger partial charge >= 0.3 is 5.97 Å². The Morgan fingerprint density at radius 3 is 2.70 bits per heavy atom. The largest absolute Gasteiger partial charge is 0.480 e. The normalized spacial score (nSPS) is 17.9. The number of thiophene rings is 1. The summed E-state index contributed by atoms with van der Waals surface area (Å²) in [6.07, 6.45) is 0.783. The number of fused-ring (bicyclic) bond motifs is 1. The van der Waals surface area contributed by atoms with Gasteiger partial charge in [-0.2, -0.15) is 0 Å². The highest BCUT2D eigenvalue weighted by molar-refractivity contribution is 7.92. The first-order valence-electron chi connectivity index (χ1n) is 5.95. The molecule has 1 N–H and O–H groups in total. The van der Waals surface area contributed by atoms with E-state index in [0.717, 1.165) is 11.8 Å². The zero-order chi connectivity index (χ0) is 15.1. The van der Waals surface area contributed by atoms with Gasteiger partial charge in [0.2, 0.25) is 0 Å². The predicted octanol–water partition coefficient (Wildman–Crippen LogP) is 0.982. The quantitative estimate of drug-likeness (QED) is 0.874. The molecule has 0 spiro atoms. The van der Waals surface area contributed by atoms with E-state index in [2.05, 4.69) is 0 Å². The Bertz CT molecular complexity index is 663. The molecule has 0 saturated heterocycles. The van der Waals surface area contributed by atoms with Crippen LogP contribution in [0.3, 0.4) is 0 Å². The van der Waals surface area contributed by atoms with Gasteiger partial charge in [0.1, 0.15) is 0 Å². The van der Waals surface area contributed by atoms with Crippen LogP contribution >= 0.6 is 11.3 Å². The summed E-state index contributed by atoms with van der Waals surface area (Å²) in [6, 6.07) is 1.85. The van der Waals surface area contributed by atoms with E-state index < -0.39 is 20.6 Å². The minimum Gasteiger partial charge on any atom is -0.480 e. The second-order valence-electron chi connectivity index (χ2n) is 5.06. The molecule has 0 radical (unpaired) electrons. The Kier molecular flexibility index (Phi) is 3.64. The van der Waals surface area contributed by atoms with Crippen molar-refractivity contribution in [2.75, 3.05) is 12.8 Å². The van der Waals surface area contributed by atoms with Crippen LogP contribution in [-0.4, -0.2) is 47.8 Å². The molecule has 1 amide bonds. The molecule has 1 aliphatic rings. The lowest BCUT2D eigenvalue weighted by atomic mass is 10.1. The van der Waals surface area contributed by atoms with Crippen LogP contribution in [0.15, 0.2) is 11.4 Å². The summed E-state index contributed by atoms with van der Waals surface area (Å²) in [6.45, 7) is 1.70. The van der Waals surface area contributed by atoms with Crippen molar-refractivity contribution in [2.24, 2.45) is 0 Å². The molecule has 110 valence electrons. The minimum absolute atomic E-state index is 0.107. The molecule has 1 aliphatic heterocycles. The second-order valence-corrected chi connectivity index (χ2v) is 8.42. The van der Waals surface area contributed by atoms with Crippen LogP contribution in [-0.2, 0) is 21.2 Å². The highest BCUT2D eigenvalue weighted by Gasteiger charge is 2.44. The average Bonchev–Trinajstić information content (AvgIpc) is 2.88. The number of hydrogen-bond acceptors (Lipinski definition) is 5. The van der Waals surface area contributed by atoms with Crippen LogP contribution < -0.4 is 0 Å². The van der Waals surface area contributed by atoms with Gasteiger partial charge in [0, 0.05) is 19.3 Å². The minimum atomic E-state index is -3.76. The van der Waals surface area contributed by atoms with E-state index in [1.165, 1.54) is 23.2 Å². The second kappa shape index (κ2) is 4.85. The van der Waals surface area contributed by atoms with Gasteiger partial charge in [0.25, 0.3) is 5.91 Å². The van der Waals surface area contributed by atoms with Crippen molar-refractivity contribution in [2.45, 2.75) is 24.6 Å². The third-order valence-corrected chi connectivity index (χ3v) is 6.68. The molecule has 8 heteroatoms. The van der Waals surface area contributed by atoms with Crippen LogP contribution in [0, 0.1) is 0 Å². The molecule has 0 saturated carbocycles. The Hall–Kier alpha value is -1.41. The summed E-state index contributed by atoms with van der Waals surface area (Å²) >= 11 is 1.34. The van der Waals surface area contributed by atoms with E-state index in [1.807, 2.05) is 11.4 Å². The third-order valence-electron chi connectivity index (χ3n) is 3.72. The number of carbonyl (C=O) groups excluding carboxylic acids is 1. The van der Waals surface area contributed by atoms with Crippen molar-refractivity contribution in [1.29, 1.82) is 0 Å². The zero-order valence-electron chi connectivity index (χ0n) is 11.1. The molecule has 0 aromatic carbocycles. The summed E-state index contributed by atoms with van der Waals surface area (Å²) < 4.78 is 21.5. The highest BCUT2D eigenvalue weighted by atomic mass is 32.2. The van der Waals surface area contributed by atoms with E-state index in [-0.39, 0.29) is 18.9 Å². The first kappa shape index (κ1) is 15.0. The van der Waals surface area contributed by atoms with Gasteiger partial charge in [-0.25, -0.2) is 8.42 Å². The lowest BCUT2D eigenvalue weighted by Gasteiger charge is -2.25. The number of sulfone groups is 1. The fourth-order valence-electron chi connectivity index (χ4n) is 2.05. The van der Waals surface area contributed by atoms with Gasteiger partial charge in [-0.1, -0.05) is 0 Å². The van der Waals surface area contributed by atoms with E-state index >= 15 is 0 Å². The summed E-state index contributed by atoms with van der Waals surface area (Å²) in [4.78, 5) is 25.4. The molecule has 0 aliphatic carbocycles. The lowest BCUT2D eigenvalue weighted by molar-refractivity contribution is -0.139. The average molecular weight is 317 g/mol. The van der Waals surface area contributed by atoms with Crippen molar-refractivity contribution in [3.8, 4) is 0 Å². The topological polar surface area (TPSA) is 91.8 Å². The maximum atomic E-state index is 12.0. The number of carboxylic acids is 1. The maximum absolute atomic E-state index is 12.0. The van der Waals surface area contributed by atoms with Crippen molar-refractivity contribution in [3.63, 3.8) is 0 Å². The van der Waals surface area contributed by atoms with E-state index in [9.17, 15) is 18.0 Å². The fraction of sp³-hybridized carbons (Fsp3) is 0.500. The maximum Gasteiger partial charge on any atom is 0.324 e. The third kappa shape index (κ3) is 2.33. The standard InChI is InChI=1S/C12H15NO5S2/c1-12(11(15)16,20(2,17)18)4-5-13-7-8-3-6-19-9(8)10(13)14/h3,6H,4-5,7H2,1-2H3,(H,15,16). The Morgan fingerprint density at radius 1 is 1.55 bits per heavy atom. The van der Waals surface area contributed by atoms with Gasteiger partial charge in [-0.15, -0.1) is 11.3 Å². The lowest BCUT2D eigenvalue weighted by Crippen LogP contribution is -2.45. The first-order chi connectivity index (χ1) is 9.17. The smallest absolute Gasteiger partial charge is 0.324 e.